The van der Waals surface area contributed by atoms with Crippen molar-refractivity contribution in [2.24, 2.45) is 0 Å². The standard InChI is InChI=1S/C18H16FNO4S/c1-20-18-17(24-25(22)11-12-5-3-2-4-6-12)15(21)16(23-18)13-7-9-14(19)10-8-13/h2-10,16,20H,11H2,1H3. The van der Waals surface area contributed by atoms with Crippen LogP contribution >= 0.6 is 0 Å². The van der Waals surface area contributed by atoms with Crippen molar-refractivity contribution in [1.29, 1.82) is 0 Å². The predicted octanol–water partition coefficient (Wildman–Crippen LogP) is 2.74. The molecule has 0 saturated heterocycles. The van der Waals surface area contributed by atoms with Crippen LogP contribution in [0.1, 0.15) is 17.2 Å². The molecule has 130 valence electrons. The molecule has 0 saturated carbocycles. The maximum Gasteiger partial charge on any atom is 0.249 e. The largest absolute Gasteiger partial charge is 0.460 e. The van der Waals surface area contributed by atoms with Crippen LogP contribution in [0, 0.1) is 5.82 Å². The van der Waals surface area contributed by atoms with E-state index in [4.69, 9.17) is 8.92 Å². The Bertz CT molecular complexity index is 821. The summed E-state index contributed by atoms with van der Waals surface area (Å²) in [5, 5.41) is 2.73. The Labute approximate surface area is 147 Å². The number of ether oxygens (including phenoxy) is 1. The van der Waals surface area contributed by atoms with Gasteiger partial charge in [-0.3, -0.25) is 4.79 Å². The topological polar surface area (TPSA) is 64.6 Å². The van der Waals surface area contributed by atoms with E-state index >= 15 is 0 Å². The van der Waals surface area contributed by atoms with Gasteiger partial charge in [0.05, 0.1) is 5.75 Å². The minimum absolute atomic E-state index is 0.112. The molecule has 0 fully saturated rings. The number of Topliss-reactive ketones (excluding diaryl/α,β-unsaturated/α-hetero) is 1. The van der Waals surface area contributed by atoms with Crippen LogP contribution in [0.3, 0.4) is 0 Å². The van der Waals surface area contributed by atoms with E-state index < -0.39 is 28.8 Å². The lowest BCUT2D eigenvalue weighted by atomic mass is 10.1. The first-order valence-corrected chi connectivity index (χ1v) is 8.82. The summed E-state index contributed by atoms with van der Waals surface area (Å²) in [4.78, 5) is 12.6. The molecular formula is C18H16FNO4S. The molecule has 1 aliphatic heterocycles. The number of halogens is 1. The molecule has 0 aromatic heterocycles. The normalized spacial score (nSPS) is 18.0. The molecule has 0 bridgehead atoms. The second-order valence-corrected chi connectivity index (χ2v) is 6.40. The summed E-state index contributed by atoms with van der Waals surface area (Å²) in [6.07, 6.45) is -0.952. The molecule has 1 heterocycles. The van der Waals surface area contributed by atoms with Crippen LogP contribution in [-0.4, -0.2) is 17.0 Å². The highest BCUT2D eigenvalue weighted by Gasteiger charge is 2.39. The molecule has 0 spiro atoms. The van der Waals surface area contributed by atoms with E-state index in [1.807, 2.05) is 30.3 Å². The summed E-state index contributed by atoms with van der Waals surface area (Å²) < 4.78 is 36.2. The summed E-state index contributed by atoms with van der Waals surface area (Å²) >= 11 is -1.74. The highest BCUT2D eigenvalue weighted by molar-refractivity contribution is 7.79. The number of nitrogens with one attached hydrogen (secondary N) is 1. The van der Waals surface area contributed by atoms with Gasteiger partial charge in [0.15, 0.2) is 6.10 Å². The highest BCUT2D eigenvalue weighted by atomic mass is 32.2. The zero-order chi connectivity index (χ0) is 17.8. The van der Waals surface area contributed by atoms with E-state index in [0.717, 1.165) is 5.56 Å². The zero-order valence-electron chi connectivity index (χ0n) is 13.4. The fraction of sp³-hybridized carbons (Fsp3) is 0.167. The lowest BCUT2D eigenvalue weighted by Gasteiger charge is -2.10. The molecule has 0 aliphatic carbocycles. The zero-order valence-corrected chi connectivity index (χ0v) is 14.2. The van der Waals surface area contributed by atoms with E-state index in [0.29, 0.717) is 5.56 Å². The second-order valence-electron chi connectivity index (χ2n) is 5.34. The Morgan fingerprint density at radius 1 is 1.16 bits per heavy atom. The smallest absolute Gasteiger partial charge is 0.249 e. The van der Waals surface area contributed by atoms with Crippen LogP contribution in [0.15, 0.2) is 66.2 Å². The molecule has 0 amide bonds. The summed E-state index contributed by atoms with van der Waals surface area (Å²) in [7, 11) is 1.57. The average Bonchev–Trinajstić information content (AvgIpc) is 2.92. The summed E-state index contributed by atoms with van der Waals surface area (Å²) in [6, 6.07) is 14.6. The molecule has 3 rings (SSSR count). The summed E-state index contributed by atoms with van der Waals surface area (Å²) in [5.41, 5.74) is 1.32. The van der Waals surface area contributed by atoms with Crippen molar-refractivity contribution in [2.75, 3.05) is 7.05 Å². The molecule has 25 heavy (non-hydrogen) atoms. The number of ketones is 1. The number of hydrogen-bond donors (Lipinski definition) is 1. The molecule has 0 radical (unpaired) electrons. The quantitative estimate of drug-likeness (QED) is 0.857. The number of benzene rings is 2. The van der Waals surface area contributed by atoms with Gasteiger partial charge in [-0.2, -0.15) is 0 Å². The maximum absolute atomic E-state index is 13.1. The van der Waals surface area contributed by atoms with Crippen LogP contribution in [-0.2, 0) is 30.5 Å². The van der Waals surface area contributed by atoms with Crippen LogP contribution in [0.5, 0.6) is 0 Å². The SMILES string of the molecule is CNC1=C(OS(=O)Cc2ccccc2)C(=O)C(c2ccc(F)cc2)O1. The van der Waals surface area contributed by atoms with Crippen LogP contribution in [0.4, 0.5) is 4.39 Å². The molecular weight excluding hydrogens is 345 g/mol. The monoisotopic (exact) mass is 361 g/mol. The Morgan fingerprint density at radius 3 is 2.48 bits per heavy atom. The fourth-order valence-electron chi connectivity index (χ4n) is 2.40. The van der Waals surface area contributed by atoms with E-state index in [1.54, 1.807) is 7.05 Å². The number of rotatable bonds is 6. The van der Waals surface area contributed by atoms with Gasteiger partial charge in [-0.25, -0.2) is 8.60 Å². The van der Waals surface area contributed by atoms with Crippen LogP contribution < -0.4 is 5.32 Å². The van der Waals surface area contributed by atoms with Crippen molar-refractivity contribution < 1.29 is 22.3 Å². The molecule has 2 atom stereocenters. The second kappa shape index (κ2) is 7.48. The molecule has 1 N–H and O–H groups in total. The van der Waals surface area contributed by atoms with Crippen LogP contribution in [0.2, 0.25) is 0 Å². The van der Waals surface area contributed by atoms with E-state index in [2.05, 4.69) is 5.32 Å². The Kier molecular flexibility index (Phi) is 5.14. The first-order chi connectivity index (χ1) is 12.1. The third kappa shape index (κ3) is 3.88. The van der Waals surface area contributed by atoms with Crippen LogP contribution in [0.25, 0.3) is 0 Å². The van der Waals surface area contributed by atoms with E-state index in [9.17, 15) is 13.4 Å². The molecule has 7 heteroatoms. The molecule has 2 aromatic carbocycles. The maximum atomic E-state index is 13.1. The predicted molar refractivity (Wildman–Crippen MR) is 90.7 cm³/mol. The van der Waals surface area contributed by atoms with Gasteiger partial charge in [0.25, 0.3) is 0 Å². The van der Waals surface area contributed by atoms with Gasteiger partial charge in [0.2, 0.25) is 28.5 Å². The van der Waals surface area contributed by atoms with Gasteiger partial charge in [-0.15, -0.1) is 0 Å². The van der Waals surface area contributed by atoms with Gasteiger partial charge < -0.3 is 14.2 Å². The van der Waals surface area contributed by atoms with Crippen molar-refractivity contribution in [3.05, 3.63) is 83.2 Å². The lowest BCUT2D eigenvalue weighted by molar-refractivity contribution is -0.123. The first-order valence-electron chi connectivity index (χ1n) is 7.57. The Hall–Kier alpha value is -2.67. The van der Waals surface area contributed by atoms with E-state index in [-0.39, 0.29) is 17.4 Å². The molecule has 5 nitrogen and oxygen atoms in total. The van der Waals surface area contributed by atoms with Gasteiger partial charge in [0, 0.05) is 12.6 Å². The minimum Gasteiger partial charge on any atom is -0.460 e. The molecule has 1 aliphatic rings. The van der Waals surface area contributed by atoms with Gasteiger partial charge >= 0.3 is 0 Å². The molecule has 2 aromatic rings. The Morgan fingerprint density at radius 2 is 1.84 bits per heavy atom. The van der Waals surface area contributed by atoms with Gasteiger partial charge in [0.1, 0.15) is 5.82 Å². The van der Waals surface area contributed by atoms with Crippen molar-refractivity contribution in [1.82, 2.24) is 5.32 Å². The van der Waals surface area contributed by atoms with Crippen molar-refractivity contribution in [2.45, 2.75) is 11.9 Å². The number of hydrogen-bond acceptors (Lipinski definition) is 5. The minimum atomic E-state index is -1.74. The van der Waals surface area contributed by atoms with Crippen molar-refractivity contribution in [3.63, 3.8) is 0 Å². The van der Waals surface area contributed by atoms with Gasteiger partial charge in [-0.1, -0.05) is 42.5 Å². The fourth-order valence-corrected chi connectivity index (χ4v) is 3.26. The number of carbonyl (C=O) groups excluding carboxylic acids is 1. The van der Waals surface area contributed by atoms with Crippen molar-refractivity contribution in [3.8, 4) is 0 Å². The average molecular weight is 361 g/mol. The van der Waals surface area contributed by atoms with Gasteiger partial charge in [-0.05, 0) is 17.7 Å². The lowest BCUT2D eigenvalue weighted by Crippen LogP contribution is -2.13. The molecule has 2 unspecified atom stereocenters. The number of carbonyl (C=O) groups is 1. The first kappa shape index (κ1) is 17.2. The highest BCUT2D eigenvalue weighted by Crippen LogP contribution is 2.33. The van der Waals surface area contributed by atoms with Crippen molar-refractivity contribution >= 4 is 16.9 Å². The summed E-state index contributed by atoms with van der Waals surface area (Å²) in [5.74, 6) is -0.726. The third-order valence-corrected chi connectivity index (χ3v) is 4.53. The third-order valence-electron chi connectivity index (χ3n) is 3.61. The Balaban J connectivity index is 1.74. The summed E-state index contributed by atoms with van der Waals surface area (Å²) in [6.45, 7) is 0. The van der Waals surface area contributed by atoms with E-state index in [1.165, 1.54) is 24.3 Å².